The molecule has 0 saturated heterocycles. The molecule has 4 aliphatic carbocycles. The molecule has 7 heteroatoms. The smallest absolute Gasteiger partial charge is 0.233 e. The number of nitrogens with one attached hydrogen (secondary N) is 1. The summed E-state index contributed by atoms with van der Waals surface area (Å²) in [4.78, 5) is 0. The first-order valence-electron chi connectivity index (χ1n) is 15.6. The highest BCUT2D eigenvalue weighted by atomic mass is 32.2. The first-order valence-corrected chi connectivity index (χ1v) is 17.1. The lowest BCUT2D eigenvalue weighted by atomic mass is 9.41. The topological polar surface area (TPSA) is 95.9 Å². The van der Waals surface area contributed by atoms with Crippen LogP contribution in [0.5, 0.6) is 5.75 Å². The Balaban J connectivity index is 1.29. The summed E-state index contributed by atoms with van der Waals surface area (Å²) in [5, 5.41) is 23.8. The van der Waals surface area contributed by atoms with Gasteiger partial charge in [0, 0.05) is 12.0 Å². The van der Waals surface area contributed by atoms with Gasteiger partial charge in [0.25, 0.3) is 0 Å². The van der Waals surface area contributed by atoms with Crippen LogP contribution < -0.4 is 9.46 Å². The van der Waals surface area contributed by atoms with E-state index in [2.05, 4.69) is 32.4 Å². The minimum atomic E-state index is -3.56. The average molecular weight is 574 g/mol. The van der Waals surface area contributed by atoms with Crippen molar-refractivity contribution in [3.63, 3.8) is 0 Å². The summed E-state index contributed by atoms with van der Waals surface area (Å²) in [5.74, 6) is 3.21. The van der Waals surface area contributed by atoms with Crippen molar-refractivity contribution in [2.45, 2.75) is 97.8 Å². The lowest BCUT2D eigenvalue weighted by molar-refractivity contribution is -0.202. The van der Waals surface area contributed by atoms with Gasteiger partial charge in [0.15, 0.2) is 0 Å². The van der Waals surface area contributed by atoms with E-state index < -0.39 is 10.0 Å². The predicted octanol–water partition coefficient (Wildman–Crippen LogP) is 5.89. The fraction of sp³-hybridized carbons (Fsp3) is 0.758. The summed E-state index contributed by atoms with van der Waals surface area (Å²) >= 11 is 0. The van der Waals surface area contributed by atoms with Crippen LogP contribution in [-0.2, 0) is 16.6 Å². The highest BCUT2D eigenvalue weighted by molar-refractivity contribution is 7.92. The Morgan fingerprint density at radius 3 is 2.38 bits per heavy atom. The number of ether oxygens (including phenoxy) is 1. The number of hydrogen-bond donors (Lipinski definition) is 3. The zero-order valence-corrected chi connectivity index (χ0v) is 25.9. The van der Waals surface area contributed by atoms with Gasteiger partial charge in [-0.2, -0.15) is 0 Å². The normalized spacial score (nSPS) is 42.2. The second-order valence-corrected chi connectivity index (χ2v) is 15.7. The summed E-state index contributed by atoms with van der Waals surface area (Å²) in [6.45, 7) is 9.53. The summed E-state index contributed by atoms with van der Waals surface area (Å²) in [6, 6.07) is 7.39. The molecule has 1 aromatic carbocycles. The van der Waals surface area contributed by atoms with E-state index in [1.807, 2.05) is 30.3 Å². The number of allylic oxidation sites excluding steroid dienone is 1. The molecule has 0 spiro atoms. The fourth-order valence-corrected chi connectivity index (χ4v) is 11.1. The molecule has 3 N–H and O–H groups in total. The SMILES string of the molecule is CC[C@H]1[C@@H](O)[C@@H]2[C@H](CC[C@]3(C)[C@@H]([C@H](C)/C=C/S(=O)(=O)NCc4ccc(OC)cc4)CC[C@@H]23)[C@@]2(C)CC[C@@H](O)C[C@@H]12. The van der Waals surface area contributed by atoms with Gasteiger partial charge in [-0.05, 0) is 115 Å². The Morgan fingerprint density at radius 2 is 1.70 bits per heavy atom. The predicted molar refractivity (Wildman–Crippen MR) is 159 cm³/mol. The summed E-state index contributed by atoms with van der Waals surface area (Å²) in [7, 11) is -1.94. The van der Waals surface area contributed by atoms with Crippen molar-refractivity contribution >= 4 is 10.0 Å². The zero-order chi connectivity index (χ0) is 28.9. The maximum absolute atomic E-state index is 12.8. The molecule has 6 nitrogen and oxygen atoms in total. The number of methoxy groups -OCH3 is 1. The van der Waals surface area contributed by atoms with Gasteiger partial charge in [-0.25, -0.2) is 13.1 Å². The van der Waals surface area contributed by atoms with E-state index in [0.29, 0.717) is 29.6 Å². The van der Waals surface area contributed by atoms with E-state index in [9.17, 15) is 18.6 Å². The first kappa shape index (κ1) is 30.1. The molecular weight excluding hydrogens is 522 g/mol. The molecule has 1 aromatic rings. The third kappa shape index (κ3) is 5.29. The van der Waals surface area contributed by atoms with Crippen LogP contribution >= 0.6 is 0 Å². The molecule has 0 unspecified atom stereocenters. The summed E-state index contributed by atoms with van der Waals surface area (Å²) < 4.78 is 33.5. The van der Waals surface area contributed by atoms with Crippen LogP contribution in [0.2, 0.25) is 0 Å². The van der Waals surface area contributed by atoms with Gasteiger partial charge in [0.05, 0.1) is 19.3 Å². The van der Waals surface area contributed by atoms with Crippen molar-refractivity contribution in [2.24, 2.45) is 52.3 Å². The van der Waals surface area contributed by atoms with E-state index in [0.717, 1.165) is 62.7 Å². The van der Waals surface area contributed by atoms with Gasteiger partial charge in [0.1, 0.15) is 5.75 Å². The van der Waals surface area contributed by atoms with Crippen molar-refractivity contribution in [3.05, 3.63) is 41.3 Å². The minimum Gasteiger partial charge on any atom is -0.497 e. The van der Waals surface area contributed by atoms with Crippen LogP contribution in [-0.4, -0.2) is 37.9 Å². The number of sulfonamides is 1. The third-order valence-corrected chi connectivity index (χ3v) is 13.4. The van der Waals surface area contributed by atoms with Crippen LogP contribution in [0.4, 0.5) is 0 Å². The van der Waals surface area contributed by atoms with Crippen LogP contribution in [0.15, 0.2) is 35.7 Å². The van der Waals surface area contributed by atoms with Crippen molar-refractivity contribution < 1.29 is 23.4 Å². The highest BCUT2D eigenvalue weighted by Gasteiger charge is 2.64. The van der Waals surface area contributed by atoms with Gasteiger partial charge >= 0.3 is 0 Å². The standard InChI is InChI=1S/C33H51NO5S/c1-6-25-29-19-23(35)13-16-33(29,4)28-14-17-32(3)26(11-12-27(32)30(28)31(25)36)21(2)15-18-40(37,38)34-20-22-7-9-24(39-5)10-8-22/h7-10,15,18,21,23,25-31,34-36H,6,11-14,16-17,19-20H2,1-5H3/b18-15+/t21-,23-,25-,26-,27+,28+,29+,30+,31-,32-,33-/m1/s1. The van der Waals surface area contributed by atoms with Crippen LogP contribution in [0.3, 0.4) is 0 Å². The number of hydrogen-bond acceptors (Lipinski definition) is 5. The van der Waals surface area contributed by atoms with Crippen molar-refractivity contribution in [3.8, 4) is 5.75 Å². The molecule has 40 heavy (non-hydrogen) atoms. The summed E-state index contributed by atoms with van der Waals surface area (Å²) in [6.07, 6.45) is 9.57. The maximum Gasteiger partial charge on any atom is 0.233 e. The Bertz CT molecular complexity index is 1170. The number of benzene rings is 1. The fourth-order valence-electron chi connectivity index (χ4n) is 10.2. The lowest BCUT2D eigenvalue weighted by Gasteiger charge is -2.64. The van der Waals surface area contributed by atoms with E-state index in [4.69, 9.17) is 4.74 Å². The van der Waals surface area contributed by atoms with Crippen LogP contribution in [0.1, 0.15) is 84.6 Å². The second-order valence-electron chi connectivity index (χ2n) is 14.0. The molecule has 5 rings (SSSR count). The molecule has 4 fully saturated rings. The number of aliphatic hydroxyl groups is 2. The zero-order valence-electron chi connectivity index (χ0n) is 25.1. The Labute approximate surface area is 242 Å². The van der Waals surface area contributed by atoms with E-state index in [-0.39, 0.29) is 41.4 Å². The summed E-state index contributed by atoms with van der Waals surface area (Å²) in [5.41, 5.74) is 1.17. The largest absolute Gasteiger partial charge is 0.497 e. The Kier molecular flexibility index (Phi) is 8.53. The van der Waals surface area contributed by atoms with Gasteiger partial charge in [-0.1, -0.05) is 52.3 Å². The molecule has 0 radical (unpaired) electrons. The minimum absolute atomic E-state index is 0.0991. The van der Waals surface area contributed by atoms with Gasteiger partial charge < -0.3 is 14.9 Å². The molecule has 224 valence electrons. The highest BCUT2D eigenvalue weighted by Crippen LogP contribution is 2.69. The van der Waals surface area contributed by atoms with Gasteiger partial charge in [-0.15, -0.1) is 0 Å². The number of fused-ring (bicyclic) bond motifs is 5. The lowest BCUT2D eigenvalue weighted by Crippen LogP contribution is -2.62. The molecule has 4 aliphatic rings. The van der Waals surface area contributed by atoms with Crippen LogP contribution in [0, 0.1) is 52.3 Å². The molecule has 0 amide bonds. The molecule has 0 aromatic heterocycles. The molecular formula is C33H51NO5S. The molecule has 0 heterocycles. The van der Waals surface area contributed by atoms with Gasteiger partial charge in [-0.3, -0.25) is 0 Å². The van der Waals surface area contributed by atoms with Crippen molar-refractivity contribution in [2.75, 3.05) is 7.11 Å². The monoisotopic (exact) mass is 573 g/mol. The maximum atomic E-state index is 12.8. The second kappa shape index (κ2) is 11.3. The van der Waals surface area contributed by atoms with Crippen molar-refractivity contribution in [1.82, 2.24) is 4.72 Å². The molecule has 0 bridgehead atoms. The molecule has 4 saturated carbocycles. The molecule has 0 aliphatic heterocycles. The number of aliphatic hydroxyl groups excluding tert-OH is 2. The van der Waals surface area contributed by atoms with Gasteiger partial charge in [0.2, 0.25) is 10.0 Å². The van der Waals surface area contributed by atoms with E-state index >= 15 is 0 Å². The Morgan fingerprint density at radius 1 is 1.02 bits per heavy atom. The quantitative estimate of drug-likeness (QED) is 0.360. The Hall–Kier alpha value is -1.41. The van der Waals surface area contributed by atoms with Crippen molar-refractivity contribution in [1.29, 1.82) is 0 Å². The first-order chi connectivity index (χ1) is 18.9. The number of rotatable bonds is 8. The van der Waals surface area contributed by atoms with Crippen LogP contribution in [0.25, 0.3) is 0 Å². The molecule has 11 atom stereocenters. The third-order valence-electron chi connectivity index (χ3n) is 12.3. The van der Waals surface area contributed by atoms with E-state index in [1.54, 1.807) is 7.11 Å². The van der Waals surface area contributed by atoms with E-state index in [1.165, 1.54) is 5.41 Å². The average Bonchev–Trinajstić information content (AvgIpc) is 3.29.